The van der Waals surface area contributed by atoms with Crippen molar-refractivity contribution in [2.45, 2.75) is 32.1 Å². The van der Waals surface area contributed by atoms with Gasteiger partial charge in [0.05, 0.1) is 6.61 Å². The molecule has 1 aromatic rings. The molecule has 136 valence electrons. The van der Waals surface area contributed by atoms with E-state index in [0.717, 1.165) is 76.2 Å². The lowest BCUT2D eigenvalue weighted by atomic mass is 9.95. The summed E-state index contributed by atoms with van der Waals surface area (Å²) in [6.45, 7) is 5.96. The standard InChI is InChI=1S/C19H27N3O3/c23-18-16(11-15-3-1-2-4-17(15)20-18)19(24)22-8-6-21(7-9-22)12-14-5-10-25-13-14/h11,14H,1-10,12-13H2,(H,20,23). The van der Waals surface area contributed by atoms with E-state index in [4.69, 9.17) is 4.74 Å². The number of nitrogens with one attached hydrogen (secondary N) is 1. The molecule has 0 bridgehead atoms. The second-order valence-electron chi connectivity index (χ2n) is 7.55. The molecule has 1 atom stereocenters. The van der Waals surface area contributed by atoms with Crippen LogP contribution in [0.5, 0.6) is 0 Å². The summed E-state index contributed by atoms with van der Waals surface area (Å²) in [6.07, 6.45) is 5.27. The Morgan fingerprint density at radius 3 is 2.76 bits per heavy atom. The second kappa shape index (κ2) is 7.30. The van der Waals surface area contributed by atoms with Crippen LogP contribution in [0.4, 0.5) is 0 Å². The number of fused-ring (bicyclic) bond motifs is 1. The number of hydrogen-bond donors (Lipinski definition) is 1. The van der Waals surface area contributed by atoms with Crippen molar-refractivity contribution in [3.05, 3.63) is 33.2 Å². The van der Waals surface area contributed by atoms with Crippen molar-refractivity contribution in [2.75, 3.05) is 45.9 Å². The fourth-order valence-corrected chi connectivity index (χ4v) is 4.23. The van der Waals surface area contributed by atoms with Crippen molar-refractivity contribution in [1.29, 1.82) is 0 Å². The number of ether oxygens (including phenoxy) is 1. The number of pyridine rings is 1. The van der Waals surface area contributed by atoms with Gasteiger partial charge in [0.1, 0.15) is 5.56 Å². The smallest absolute Gasteiger partial charge is 0.261 e. The summed E-state index contributed by atoms with van der Waals surface area (Å²) in [5.41, 5.74) is 2.26. The normalized spacial score (nSPS) is 24.3. The molecule has 1 aliphatic carbocycles. The summed E-state index contributed by atoms with van der Waals surface area (Å²) < 4.78 is 5.45. The van der Waals surface area contributed by atoms with E-state index in [0.29, 0.717) is 24.6 Å². The fraction of sp³-hybridized carbons (Fsp3) is 0.684. The minimum Gasteiger partial charge on any atom is -0.381 e. The van der Waals surface area contributed by atoms with Gasteiger partial charge in [-0.05, 0) is 49.7 Å². The number of piperazine rings is 1. The molecule has 2 saturated heterocycles. The van der Waals surface area contributed by atoms with Crippen LogP contribution in [0.3, 0.4) is 0 Å². The quantitative estimate of drug-likeness (QED) is 0.889. The maximum atomic E-state index is 12.8. The number of aromatic amines is 1. The highest BCUT2D eigenvalue weighted by Gasteiger charge is 2.27. The molecule has 0 saturated carbocycles. The molecule has 25 heavy (non-hydrogen) atoms. The van der Waals surface area contributed by atoms with Crippen LogP contribution < -0.4 is 5.56 Å². The third-order valence-corrected chi connectivity index (χ3v) is 5.77. The van der Waals surface area contributed by atoms with Crippen LogP contribution in [-0.4, -0.2) is 66.6 Å². The van der Waals surface area contributed by atoms with Crippen molar-refractivity contribution in [3.8, 4) is 0 Å². The van der Waals surface area contributed by atoms with E-state index in [1.165, 1.54) is 0 Å². The van der Waals surface area contributed by atoms with Crippen LogP contribution in [0.1, 0.15) is 40.9 Å². The van der Waals surface area contributed by atoms with Gasteiger partial charge in [0.25, 0.3) is 11.5 Å². The average molecular weight is 345 g/mol. The largest absolute Gasteiger partial charge is 0.381 e. The zero-order valence-corrected chi connectivity index (χ0v) is 14.8. The summed E-state index contributed by atoms with van der Waals surface area (Å²) >= 11 is 0. The maximum Gasteiger partial charge on any atom is 0.261 e. The van der Waals surface area contributed by atoms with E-state index < -0.39 is 0 Å². The Morgan fingerprint density at radius 2 is 2.00 bits per heavy atom. The number of carbonyl (C=O) groups excluding carboxylic acids is 1. The van der Waals surface area contributed by atoms with Crippen molar-refractivity contribution in [1.82, 2.24) is 14.8 Å². The predicted molar refractivity (Wildman–Crippen MR) is 95.0 cm³/mol. The predicted octanol–water partition coefficient (Wildman–Crippen LogP) is 1.05. The molecule has 6 heteroatoms. The van der Waals surface area contributed by atoms with Gasteiger partial charge in [0, 0.05) is 45.0 Å². The molecule has 0 radical (unpaired) electrons. The lowest BCUT2D eigenvalue weighted by molar-refractivity contribution is 0.0609. The van der Waals surface area contributed by atoms with Gasteiger partial charge in [-0.2, -0.15) is 0 Å². The van der Waals surface area contributed by atoms with Gasteiger partial charge in [-0.3, -0.25) is 14.5 Å². The van der Waals surface area contributed by atoms with E-state index in [-0.39, 0.29) is 11.5 Å². The first-order valence-corrected chi connectivity index (χ1v) is 9.55. The van der Waals surface area contributed by atoms with Gasteiger partial charge in [-0.15, -0.1) is 0 Å². The minimum absolute atomic E-state index is 0.113. The zero-order valence-electron chi connectivity index (χ0n) is 14.8. The molecular weight excluding hydrogens is 318 g/mol. The molecule has 1 N–H and O–H groups in total. The van der Waals surface area contributed by atoms with Crippen LogP contribution in [0, 0.1) is 5.92 Å². The highest BCUT2D eigenvalue weighted by Crippen LogP contribution is 2.20. The van der Waals surface area contributed by atoms with Crippen LogP contribution >= 0.6 is 0 Å². The molecule has 2 aliphatic heterocycles. The Kier molecular flexibility index (Phi) is 4.90. The second-order valence-corrected chi connectivity index (χ2v) is 7.55. The SMILES string of the molecule is O=C(c1cc2c([nH]c1=O)CCCC2)N1CCN(CC2CCOC2)CC1. The van der Waals surface area contributed by atoms with E-state index in [1.54, 1.807) is 0 Å². The molecule has 4 rings (SSSR count). The Bertz CT molecular complexity index is 686. The third-order valence-electron chi connectivity index (χ3n) is 5.77. The van der Waals surface area contributed by atoms with Crippen molar-refractivity contribution in [3.63, 3.8) is 0 Å². The molecule has 2 fully saturated rings. The van der Waals surface area contributed by atoms with Gasteiger partial charge in [0.2, 0.25) is 0 Å². The van der Waals surface area contributed by atoms with Gasteiger partial charge in [0.15, 0.2) is 0 Å². The van der Waals surface area contributed by atoms with E-state index in [1.807, 2.05) is 11.0 Å². The third kappa shape index (κ3) is 3.65. The lowest BCUT2D eigenvalue weighted by Gasteiger charge is -2.35. The Labute approximate surface area is 148 Å². The Morgan fingerprint density at radius 1 is 1.20 bits per heavy atom. The van der Waals surface area contributed by atoms with E-state index in [9.17, 15) is 9.59 Å². The van der Waals surface area contributed by atoms with Crippen LogP contribution in [0.15, 0.2) is 10.9 Å². The summed E-state index contributed by atoms with van der Waals surface area (Å²) in [4.78, 5) is 32.4. The van der Waals surface area contributed by atoms with Gasteiger partial charge >= 0.3 is 0 Å². The topological polar surface area (TPSA) is 65.6 Å². The number of nitrogens with zero attached hydrogens (tertiary/aromatic N) is 2. The van der Waals surface area contributed by atoms with E-state index in [2.05, 4.69) is 9.88 Å². The highest BCUT2D eigenvalue weighted by atomic mass is 16.5. The highest BCUT2D eigenvalue weighted by molar-refractivity contribution is 5.94. The maximum absolute atomic E-state index is 12.8. The summed E-state index contributed by atoms with van der Waals surface area (Å²) in [6, 6.07) is 1.85. The van der Waals surface area contributed by atoms with Gasteiger partial charge < -0.3 is 14.6 Å². The zero-order chi connectivity index (χ0) is 17.2. The summed E-state index contributed by atoms with van der Waals surface area (Å²) in [5.74, 6) is 0.518. The number of H-pyrrole nitrogens is 1. The molecule has 1 unspecified atom stereocenters. The average Bonchev–Trinajstić information content (AvgIpc) is 3.14. The molecule has 0 spiro atoms. The monoisotopic (exact) mass is 345 g/mol. The van der Waals surface area contributed by atoms with Crippen molar-refractivity contribution in [2.24, 2.45) is 5.92 Å². The van der Waals surface area contributed by atoms with Crippen molar-refractivity contribution >= 4 is 5.91 Å². The summed E-state index contributed by atoms with van der Waals surface area (Å²) in [5, 5.41) is 0. The molecule has 3 aliphatic rings. The number of aryl methyl sites for hydroxylation is 2. The first kappa shape index (κ1) is 16.8. The van der Waals surface area contributed by atoms with E-state index >= 15 is 0 Å². The first-order valence-electron chi connectivity index (χ1n) is 9.55. The number of carbonyl (C=O) groups is 1. The van der Waals surface area contributed by atoms with Crippen LogP contribution in [0.25, 0.3) is 0 Å². The molecule has 1 amide bonds. The van der Waals surface area contributed by atoms with Gasteiger partial charge in [-0.25, -0.2) is 0 Å². The molecular formula is C19H27N3O3. The molecule has 0 aromatic carbocycles. The summed E-state index contributed by atoms with van der Waals surface area (Å²) in [7, 11) is 0. The van der Waals surface area contributed by atoms with Crippen molar-refractivity contribution < 1.29 is 9.53 Å². The molecule has 6 nitrogen and oxygen atoms in total. The Balaban J connectivity index is 1.39. The van der Waals surface area contributed by atoms with Gasteiger partial charge in [-0.1, -0.05) is 0 Å². The number of hydrogen-bond acceptors (Lipinski definition) is 4. The Hall–Kier alpha value is -1.66. The fourth-order valence-electron chi connectivity index (χ4n) is 4.23. The molecule has 1 aromatic heterocycles. The number of amides is 1. The molecule has 3 heterocycles. The minimum atomic E-state index is -0.226. The lowest BCUT2D eigenvalue weighted by Crippen LogP contribution is -2.50. The number of aromatic nitrogens is 1. The van der Waals surface area contributed by atoms with Crippen LogP contribution in [-0.2, 0) is 17.6 Å². The van der Waals surface area contributed by atoms with Crippen LogP contribution in [0.2, 0.25) is 0 Å². The first-order chi connectivity index (χ1) is 12.2. The number of rotatable bonds is 3.